The Morgan fingerprint density at radius 3 is 3.00 bits per heavy atom. The van der Waals surface area contributed by atoms with Gasteiger partial charge in [0.1, 0.15) is 0 Å². The fourth-order valence-corrected chi connectivity index (χ4v) is 3.28. The van der Waals surface area contributed by atoms with Crippen LogP contribution in [0.2, 0.25) is 0 Å². The van der Waals surface area contributed by atoms with Crippen LogP contribution in [-0.4, -0.2) is 31.2 Å². The molecule has 1 saturated heterocycles. The van der Waals surface area contributed by atoms with E-state index in [9.17, 15) is 0 Å². The topological polar surface area (TPSA) is 28.2 Å². The summed E-state index contributed by atoms with van der Waals surface area (Å²) in [5.74, 6) is 0. The summed E-state index contributed by atoms with van der Waals surface area (Å²) in [5.41, 5.74) is 1.11. The molecular weight excluding hydrogens is 266 g/mol. The van der Waals surface area contributed by atoms with Crippen molar-refractivity contribution >= 4 is 39.1 Å². The van der Waals surface area contributed by atoms with Crippen LogP contribution in [0, 0.1) is 0 Å². The molecule has 2 aromatic rings. The van der Waals surface area contributed by atoms with Crippen LogP contribution in [-0.2, 0) is 0 Å². The monoisotopic (exact) mass is 283 g/mol. The largest absolute Gasteiger partial charge is 0.350 e. The minimum atomic E-state index is 0. The number of halogens is 1. The Balaban J connectivity index is 0.00000120. The zero-order chi connectivity index (χ0) is 11.7. The number of hydrogen-bond acceptors (Lipinski definition) is 4. The maximum absolute atomic E-state index is 4.67. The summed E-state index contributed by atoms with van der Waals surface area (Å²) in [6, 6.07) is 8.97. The first-order chi connectivity index (χ1) is 8.33. The Kier molecular flexibility index (Phi) is 4.43. The van der Waals surface area contributed by atoms with Gasteiger partial charge in [0.25, 0.3) is 0 Å². The Morgan fingerprint density at radius 2 is 2.28 bits per heavy atom. The molecule has 1 aromatic heterocycles. The van der Waals surface area contributed by atoms with Crippen molar-refractivity contribution in [3.8, 4) is 0 Å². The average molecular weight is 284 g/mol. The molecule has 0 aliphatic carbocycles. The standard InChI is InChI=1S/C13H17N3S.ClH/c1-16(9-10-5-4-8-14-10)13-15-11-6-2-3-7-12(11)17-13;/h2-3,6-7,10,14H,4-5,8-9H2,1H3;1H. The van der Waals surface area contributed by atoms with Crippen LogP contribution in [0.3, 0.4) is 0 Å². The van der Waals surface area contributed by atoms with Crippen LogP contribution in [0.15, 0.2) is 24.3 Å². The molecule has 5 heteroatoms. The molecule has 0 radical (unpaired) electrons. The maximum Gasteiger partial charge on any atom is 0.186 e. The molecule has 0 spiro atoms. The molecule has 3 nitrogen and oxygen atoms in total. The number of para-hydroxylation sites is 1. The summed E-state index contributed by atoms with van der Waals surface area (Å²) >= 11 is 1.78. The van der Waals surface area contributed by atoms with Gasteiger partial charge >= 0.3 is 0 Å². The van der Waals surface area contributed by atoms with Gasteiger partial charge in [0.15, 0.2) is 5.13 Å². The smallest absolute Gasteiger partial charge is 0.186 e. The molecule has 18 heavy (non-hydrogen) atoms. The molecule has 1 aliphatic heterocycles. The van der Waals surface area contributed by atoms with Gasteiger partial charge in [0.05, 0.1) is 10.2 Å². The van der Waals surface area contributed by atoms with Crippen molar-refractivity contribution in [3.63, 3.8) is 0 Å². The van der Waals surface area contributed by atoms with Gasteiger partial charge in [-0.1, -0.05) is 23.5 Å². The zero-order valence-electron chi connectivity index (χ0n) is 10.4. The van der Waals surface area contributed by atoms with E-state index in [4.69, 9.17) is 0 Å². The molecule has 1 aliphatic rings. The van der Waals surface area contributed by atoms with E-state index < -0.39 is 0 Å². The van der Waals surface area contributed by atoms with Gasteiger partial charge in [-0.25, -0.2) is 4.98 Å². The summed E-state index contributed by atoms with van der Waals surface area (Å²) < 4.78 is 1.27. The molecule has 1 aromatic carbocycles. The number of hydrogen-bond donors (Lipinski definition) is 1. The molecule has 0 saturated carbocycles. The van der Waals surface area contributed by atoms with Crippen molar-refractivity contribution in [1.82, 2.24) is 10.3 Å². The van der Waals surface area contributed by atoms with Crippen LogP contribution in [0.5, 0.6) is 0 Å². The first-order valence-corrected chi connectivity index (χ1v) is 6.95. The van der Waals surface area contributed by atoms with Gasteiger partial charge in [-0.3, -0.25) is 0 Å². The Bertz CT molecular complexity index is 475. The molecule has 0 bridgehead atoms. The quantitative estimate of drug-likeness (QED) is 0.939. The Labute approximate surface area is 118 Å². The van der Waals surface area contributed by atoms with Crippen molar-refractivity contribution < 1.29 is 0 Å². The van der Waals surface area contributed by atoms with E-state index >= 15 is 0 Å². The number of likely N-dealkylation sites (N-methyl/N-ethyl adjacent to an activating group) is 1. The van der Waals surface area contributed by atoms with Crippen molar-refractivity contribution in [1.29, 1.82) is 0 Å². The summed E-state index contributed by atoms with van der Waals surface area (Å²) in [6.45, 7) is 2.22. The minimum absolute atomic E-state index is 0. The van der Waals surface area contributed by atoms with Gasteiger partial charge in [0, 0.05) is 19.6 Å². The third-order valence-corrected chi connectivity index (χ3v) is 4.42. The highest BCUT2D eigenvalue weighted by Crippen LogP contribution is 2.28. The van der Waals surface area contributed by atoms with Crippen LogP contribution in [0.25, 0.3) is 10.2 Å². The fourth-order valence-electron chi connectivity index (χ4n) is 2.34. The molecule has 1 N–H and O–H groups in total. The normalized spacial score (nSPS) is 18.8. The number of anilines is 1. The third kappa shape index (κ3) is 2.76. The van der Waals surface area contributed by atoms with Crippen molar-refractivity contribution in [2.24, 2.45) is 0 Å². The first-order valence-electron chi connectivity index (χ1n) is 6.13. The average Bonchev–Trinajstić information content (AvgIpc) is 2.96. The molecule has 3 rings (SSSR count). The summed E-state index contributed by atoms with van der Waals surface area (Å²) in [4.78, 5) is 6.94. The Hall–Kier alpha value is -0.840. The fraction of sp³-hybridized carbons (Fsp3) is 0.462. The first kappa shape index (κ1) is 13.6. The molecule has 0 amide bonds. The minimum Gasteiger partial charge on any atom is -0.350 e. The predicted molar refractivity (Wildman–Crippen MR) is 81.2 cm³/mol. The number of benzene rings is 1. The predicted octanol–water partition coefficient (Wildman–Crippen LogP) is 2.91. The number of rotatable bonds is 3. The maximum atomic E-state index is 4.67. The highest BCUT2D eigenvalue weighted by Gasteiger charge is 2.17. The van der Waals surface area contributed by atoms with Crippen LogP contribution in [0.1, 0.15) is 12.8 Å². The lowest BCUT2D eigenvalue weighted by Crippen LogP contribution is -2.35. The Morgan fingerprint density at radius 1 is 1.44 bits per heavy atom. The molecule has 1 fully saturated rings. The summed E-state index contributed by atoms with van der Waals surface area (Å²) in [5, 5.41) is 4.65. The second kappa shape index (κ2) is 5.87. The van der Waals surface area contributed by atoms with E-state index in [1.807, 2.05) is 6.07 Å². The van der Waals surface area contributed by atoms with Gasteiger partial charge < -0.3 is 10.2 Å². The van der Waals surface area contributed by atoms with E-state index in [0.29, 0.717) is 6.04 Å². The second-order valence-corrected chi connectivity index (χ2v) is 5.65. The van der Waals surface area contributed by atoms with Crippen LogP contribution in [0.4, 0.5) is 5.13 Å². The molecule has 1 unspecified atom stereocenters. The molecule has 2 heterocycles. The lowest BCUT2D eigenvalue weighted by atomic mass is 10.2. The molecule has 1 atom stereocenters. The van der Waals surface area contributed by atoms with Gasteiger partial charge in [0.2, 0.25) is 0 Å². The number of nitrogens with zero attached hydrogens (tertiary/aromatic N) is 2. The summed E-state index contributed by atoms with van der Waals surface area (Å²) in [7, 11) is 2.14. The number of thiazole rings is 1. The lowest BCUT2D eigenvalue weighted by Gasteiger charge is -2.20. The molecular formula is C13H18ClN3S. The summed E-state index contributed by atoms with van der Waals surface area (Å²) in [6.07, 6.45) is 2.59. The van der Waals surface area contributed by atoms with E-state index in [-0.39, 0.29) is 12.4 Å². The molecule has 98 valence electrons. The number of fused-ring (bicyclic) bond motifs is 1. The highest BCUT2D eigenvalue weighted by molar-refractivity contribution is 7.22. The second-order valence-electron chi connectivity index (χ2n) is 4.64. The van der Waals surface area contributed by atoms with Gasteiger partial charge in [-0.05, 0) is 31.5 Å². The van der Waals surface area contributed by atoms with E-state index in [1.165, 1.54) is 24.1 Å². The SMILES string of the molecule is CN(CC1CCCN1)c1nc2ccccc2s1.Cl. The van der Waals surface area contributed by atoms with Crippen molar-refractivity contribution in [2.45, 2.75) is 18.9 Å². The third-order valence-electron chi connectivity index (χ3n) is 3.27. The van der Waals surface area contributed by atoms with E-state index in [0.717, 1.165) is 17.2 Å². The van der Waals surface area contributed by atoms with Gasteiger partial charge in [-0.15, -0.1) is 12.4 Å². The van der Waals surface area contributed by atoms with Crippen molar-refractivity contribution in [3.05, 3.63) is 24.3 Å². The number of aromatic nitrogens is 1. The zero-order valence-corrected chi connectivity index (χ0v) is 12.1. The van der Waals surface area contributed by atoms with Crippen LogP contribution >= 0.6 is 23.7 Å². The van der Waals surface area contributed by atoms with Crippen LogP contribution < -0.4 is 10.2 Å². The lowest BCUT2D eigenvalue weighted by molar-refractivity contribution is 0.599. The van der Waals surface area contributed by atoms with Crippen molar-refractivity contribution in [2.75, 3.05) is 25.0 Å². The van der Waals surface area contributed by atoms with E-state index in [2.05, 4.69) is 40.4 Å². The van der Waals surface area contributed by atoms with E-state index in [1.54, 1.807) is 11.3 Å². The highest BCUT2D eigenvalue weighted by atomic mass is 35.5. The van der Waals surface area contributed by atoms with Gasteiger partial charge in [-0.2, -0.15) is 0 Å². The number of nitrogens with one attached hydrogen (secondary N) is 1.